The Bertz CT molecular complexity index is 2300. The molecule has 6 rings (SSSR count). The SMILES string of the molecule is COc1c(O)c2c(=O)cc(OC)c3c4c(OC)cc(=O)c5c(O)c(NCS(=O)(=O)OCCOCCO)c6c(c(c1CC(C)=C6)c23)c54. The molecule has 0 fully saturated rings. The Hall–Kier alpha value is -4.63. The van der Waals surface area contributed by atoms with Gasteiger partial charge in [0.25, 0.3) is 10.1 Å². The molecule has 0 heterocycles. The van der Waals surface area contributed by atoms with Gasteiger partial charge in [-0.25, -0.2) is 0 Å². The van der Waals surface area contributed by atoms with E-state index >= 15 is 0 Å². The number of hydrogen-bond acceptors (Lipinski definition) is 13. The molecular weight excluding hydrogens is 622 g/mol. The van der Waals surface area contributed by atoms with E-state index in [0.717, 1.165) is 5.57 Å². The molecule has 0 spiro atoms. The number of benzene rings is 5. The van der Waals surface area contributed by atoms with Crippen LogP contribution < -0.4 is 30.4 Å². The van der Waals surface area contributed by atoms with Gasteiger partial charge < -0.3 is 39.6 Å². The van der Waals surface area contributed by atoms with Crippen molar-refractivity contribution in [2.45, 2.75) is 13.3 Å². The number of hydrogen-bond donors (Lipinski definition) is 4. The molecule has 0 radical (unpaired) electrons. The Labute approximate surface area is 261 Å². The highest BCUT2D eigenvalue weighted by Crippen LogP contribution is 2.56. The molecule has 46 heavy (non-hydrogen) atoms. The zero-order valence-corrected chi connectivity index (χ0v) is 26.2. The number of aliphatic hydroxyl groups is 1. The van der Waals surface area contributed by atoms with Gasteiger partial charge in [-0.3, -0.25) is 13.8 Å². The molecule has 0 bridgehead atoms. The summed E-state index contributed by atoms with van der Waals surface area (Å²) in [5, 5.41) is 36.9. The number of allylic oxidation sites excluding steroid dienone is 1. The maximum atomic E-state index is 13.7. The monoisotopic (exact) mass is 653 g/mol. The van der Waals surface area contributed by atoms with Crippen LogP contribution in [0.25, 0.3) is 49.2 Å². The van der Waals surface area contributed by atoms with Crippen molar-refractivity contribution in [3.63, 3.8) is 0 Å². The Morgan fingerprint density at radius 3 is 1.98 bits per heavy atom. The van der Waals surface area contributed by atoms with Gasteiger partial charge in [-0.2, -0.15) is 8.42 Å². The Kier molecular flexibility index (Phi) is 7.92. The zero-order chi connectivity index (χ0) is 33.1. The number of ether oxygens (including phenoxy) is 4. The second-order valence-corrected chi connectivity index (χ2v) is 12.5. The molecule has 0 aliphatic heterocycles. The van der Waals surface area contributed by atoms with Crippen molar-refractivity contribution in [3.05, 3.63) is 49.3 Å². The van der Waals surface area contributed by atoms with E-state index in [2.05, 4.69) is 5.32 Å². The lowest BCUT2D eigenvalue weighted by Gasteiger charge is -2.24. The van der Waals surface area contributed by atoms with Gasteiger partial charge in [0.05, 0.1) is 64.2 Å². The van der Waals surface area contributed by atoms with E-state index in [9.17, 15) is 28.2 Å². The first kappa shape index (κ1) is 31.4. The molecule has 5 aromatic carbocycles. The smallest absolute Gasteiger partial charge is 0.285 e. The second kappa shape index (κ2) is 11.6. The van der Waals surface area contributed by atoms with Gasteiger partial charge in [-0.1, -0.05) is 11.6 Å². The van der Waals surface area contributed by atoms with E-state index < -0.39 is 32.6 Å². The average Bonchev–Trinajstić information content (AvgIpc) is 3.16. The first-order valence-corrected chi connectivity index (χ1v) is 15.8. The third-order valence-corrected chi connectivity index (χ3v) is 9.22. The van der Waals surface area contributed by atoms with E-state index in [0.29, 0.717) is 43.4 Å². The van der Waals surface area contributed by atoms with Crippen LogP contribution in [0.2, 0.25) is 0 Å². The summed E-state index contributed by atoms with van der Waals surface area (Å²) in [5.74, 6) is -1.26. The largest absolute Gasteiger partial charge is 0.505 e. The number of rotatable bonds is 12. The highest BCUT2D eigenvalue weighted by Gasteiger charge is 2.33. The lowest BCUT2D eigenvalue weighted by molar-refractivity contribution is 0.0719. The zero-order valence-electron chi connectivity index (χ0n) is 25.4. The standard InChI is InChI=1S/C32H31NO12S/c1-14-9-15-21-22-16(10-14)32(43-4)31(38)24-18(36)12-20(42-3)26(28(22)24)25-19(41-2)11-17(35)23(27(21)25)30(37)29(15)33-13-46(39,40)45-8-7-44-6-5-34/h9,11-12,33-34,37-38H,5-8,10,13H2,1-4H3. The lowest BCUT2D eigenvalue weighted by atomic mass is 9.83. The van der Waals surface area contributed by atoms with E-state index in [1.54, 1.807) is 6.08 Å². The highest BCUT2D eigenvalue weighted by molar-refractivity contribution is 7.86. The number of aromatic hydroxyl groups is 2. The molecule has 5 aromatic rings. The number of aliphatic hydroxyl groups excluding tert-OH is 1. The van der Waals surface area contributed by atoms with Gasteiger partial charge in [-0.15, -0.1) is 0 Å². The lowest BCUT2D eigenvalue weighted by Crippen LogP contribution is -2.20. The number of methoxy groups -OCH3 is 3. The third-order valence-electron chi connectivity index (χ3n) is 8.19. The summed E-state index contributed by atoms with van der Waals surface area (Å²) in [7, 11) is -0.0702. The molecule has 4 N–H and O–H groups in total. The molecule has 0 saturated heterocycles. The molecule has 242 valence electrons. The van der Waals surface area contributed by atoms with E-state index in [-0.39, 0.29) is 72.3 Å². The van der Waals surface area contributed by atoms with Gasteiger partial charge in [-0.05, 0) is 18.7 Å². The molecule has 0 unspecified atom stereocenters. The third kappa shape index (κ3) is 4.67. The maximum absolute atomic E-state index is 13.7. The van der Waals surface area contributed by atoms with Crippen LogP contribution in [0.5, 0.6) is 28.7 Å². The Balaban J connectivity index is 1.77. The summed E-state index contributed by atoms with van der Waals surface area (Å²) < 4.78 is 52.7. The number of nitrogens with one attached hydrogen (secondary N) is 1. The predicted octanol–water partition coefficient (Wildman–Crippen LogP) is 3.02. The van der Waals surface area contributed by atoms with Crippen molar-refractivity contribution in [2.75, 3.05) is 59.0 Å². The minimum atomic E-state index is -4.22. The molecule has 1 aliphatic carbocycles. The fourth-order valence-electron chi connectivity index (χ4n) is 6.50. The van der Waals surface area contributed by atoms with Crippen LogP contribution in [0.15, 0.2) is 27.3 Å². The Morgan fingerprint density at radius 1 is 0.783 bits per heavy atom. The summed E-state index contributed by atoms with van der Waals surface area (Å²) in [6.45, 7) is 1.23. The minimum absolute atomic E-state index is 0.0227. The summed E-state index contributed by atoms with van der Waals surface area (Å²) in [6, 6.07) is 2.43. The average molecular weight is 654 g/mol. The van der Waals surface area contributed by atoms with Gasteiger partial charge in [0.1, 0.15) is 17.4 Å². The Morgan fingerprint density at radius 2 is 1.39 bits per heavy atom. The van der Waals surface area contributed by atoms with Crippen molar-refractivity contribution in [2.24, 2.45) is 0 Å². The van der Waals surface area contributed by atoms with Crippen LogP contribution in [0, 0.1) is 0 Å². The van der Waals surface area contributed by atoms with Gasteiger partial charge >= 0.3 is 0 Å². The molecule has 0 atom stereocenters. The normalized spacial score (nSPS) is 13.2. The number of phenolic OH excluding ortho intramolecular Hbond substituents is 2. The van der Waals surface area contributed by atoms with Gasteiger partial charge in [0.15, 0.2) is 28.1 Å². The van der Waals surface area contributed by atoms with Crippen LogP contribution >= 0.6 is 0 Å². The minimum Gasteiger partial charge on any atom is -0.505 e. The molecule has 14 heteroatoms. The quantitative estimate of drug-likeness (QED) is 0.0507. The topological polar surface area (TPSA) is 187 Å². The summed E-state index contributed by atoms with van der Waals surface area (Å²) in [6.07, 6.45) is 1.98. The van der Waals surface area contributed by atoms with Crippen molar-refractivity contribution in [1.29, 1.82) is 0 Å². The van der Waals surface area contributed by atoms with Gasteiger partial charge in [0, 0.05) is 50.2 Å². The number of fused-ring (bicyclic) bond motifs is 1. The molecule has 0 aromatic heterocycles. The summed E-state index contributed by atoms with van der Waals surface area (Å²) in [5.41, 5.74) is 0.403. The first-order valence-electron chi connectivity index (χ1n) is 14.2. The van der Waals surface area contributed by atoms with E-state index in [1.165, 1.54) is 33.5 Å². The molecule has 1 aliphatic rings. The summed E-state index contributed by atoms with van der Waals surface area (Å²) in [4.78, 5) is 27.3. The van der Waals surface area contributed by atoms with Crippen molar-refractivity contribution in [3.8, 4) is 28.7 Å². The van der Waals surface area contributed by atoms with E-state index in [4.69, 9.17) is 28.2 Å². The van der Waals surface area contributed by atoms with Crippen LogP contribution in [-0.2, 0) is 25.5 Å². The van der Waals surface area contributed by atoms with Crippen LogP contribution in [0.4, 0.5) is 5.69 Å². The van der Waals surface area contributed by atoms with E-state index in [1.807, 2.05) is 6.92 Å². The second-order valence-electron chi connectivity index (χ2n) is 10.9. The molecule has 0 amide bonds. The number of phenols is 2. The summed E-state index contributed by atoms with van der Waals surface area (Å²) >= 11 is 0. The fraction of sp³-hybridized carbons (Fsp3) is 0.312. The maximum Gasteiger partial charge on any atom is 0.285 e. The van der Waals surface area contributed by atoms with Crippen molar-refractivity contribution < 1.29 is 46.9 Å². The van der Waals surface area contributed by atoms with Crippen molar-refractivity contribution in [1.82, 2.24) is 0 Å². The predicted molar refractivity (Wildman–Crippen MR) is 173 cm³/mol. The number of anilines is 1. The van der Waals surface area contributed by atoms with Crippen LogP contribution in [-0.4, -0.2) is 77.4 Å². The van der Waals surface area contributed by atoms with Crippen LogP contribution in [0.1, 0.15) is 18.1 Å². The van der Waals surface area contributed by atoms with Gasteiger partial charge in [0.2, 0.25) is 0 Å². The molecule has 13 nitrogen and oxygen atoms in total. The first-order chi connectivity index (χ1) is 22.0. The highest BCUT2D eigenvalue weighted by atomic mass is 32.2. The fourth-order valence-corrected chi connectivity index (χ4v) is 7.23. The van der Waals surface area contributed by atoms with Crippen molar-refractivity contribution >= 4 is 65.0 Å². The molecule has 0 saturated carbocycles. The van der Waals surface area contributed by atoms with Crippen LogP contribution in [0.3, 0.4) is 0 Å². The molecular formula is C32H31NO12S.